The summed E-state index contributed by atoms with van der Waals surface area (Å²) in [6.45, 7) is 0.684. The quantitative estimate of drug-likeness (QED) is 0.918. The summed E-state index contributed by atoms with van der Waals surface area (Å²) in [4.78, 5) is 15.2. The third kappa shape index (κ3) is 4.08. The molecule has 3 rings (SSSR count). The zero-order chi connectivity index (χ0) is 16.4. The van der Waals surface area contributed by atoms with E-state index in [1.54, 1.807) is 24.3 Å². The average molecular weight is 325 g/mol. The van der Waals surface area contributed by atoms with Crippen molar-refractivity contribution in [1.82, 2.24) is 15.5 Å². The Morgan fingerprint density at radius 3 is 2.52 bits per heavy atom. The van der Waals surface area contributed by atoms with Gasteiger partial charge in [0.15, 0.2) is 5.82 Å². The lowest BCUT2D eigenvalue weighted by atomic mass is 10.1. The van der Waals surface area contributed by atoms with E-state index in [4.69, 9.17) is 0 Å². The number of alkyl halides is 3. The van der Waals surface area contributed by atoms with Crippen molar-refractivity contribution in [3.05, 3.63) is 47.1 Å². The number of amides is 1. The molecule has 23 heavy (non-hydrogen) atoms. The third-order valence-corrected chi connectivity index (χ3v) is 3.54. The summed E-state index contributed by atoms with van der Waals surface area (Å²) >= 11 is 0. The fraction of sp³-hybridized carbons (Fsp3) is 0.400. The molecule has 0 saturated heterocycles. The zero-order valence-corrected chi connectivity index (χ0v) is 12.1. The fourth-order valence-corrected chi connectivity index (χ4v) is 2.06. The third-order valence-electron chi connectivity index (χ3n) is 3.54. The van der Waals surface area contributed by atoms with Crippen LogP contribution in [0.4, 0.5) is 13.2 Å². The van der Waals surface area contributed by atoms with Gasteiger partial charge in [-0.25, -0.2) is 0 Å². The van der Waals surface area contributed by atoms with Crippen LogP contribution in [-0.2, 0) is 12.6 Å². The van der Waals surface area contributed by atoms with Gasteiger partial charge in [-0.1, -0.05) is 17.3 Å². The van der Waals surface area contributed by atoms with Crippen molar-refractivity contribution in [2.75, 3.05) is 6.54 Å². The van der Waals surface area contributed by atoms with Gasteiger partial charge in [0, 0.05) is 18.5 Å². The maximum atomic E-state index is 12.4. The normalized spacial score (nSPS) is 14.7. The Morgan fingerprint density at radius 1 is 1.26 bits per heavy atom. The molecule has 8 heteroatoms. The number of nitrogens with zero attached hydrogens (tertiary/aromatic N) is 2. The first-order valence-corrected chi connectivity index (χ1v) is 7.19. The van der Waals surface area contributed by atoms with Gasteiger partial charge in [-0.15, -0.1) is 0 Å². The first-order chi connectivity index (χ1) is 10.9. The van der Waals surface area contributed by atoms with Crippen molar-refractivity contribution < 1.29 is 22.5 Å². The number of aromatic nitrogens is 2. The Morgan fingerprint density at radius 2 is 1.96 bits per heavy atom. The first-order valence-electron chi connectivity index (χ1n) is 7.19. The standard InChI is InChI=1S/C15H14F3N3O2/c16-15(17,18)14-20-12(21-23-14)7-9-3-5-11(6-4-9)13(22)19-8-10-1-2-10/h3-6,10H,1-2,7-8H2,(H,19,22). The molecule has 1 aliphatic rings. The van der Waals surface area contributed by atoms with E-state index < -0.39 is 12.1 Å². The predicted molar refractivity (Wildman–Crippen MR) is 73.6 cm³/mol. The summed E-state index contributed by atoms with van der Waals surface area (Å²) in [5, 5.41) is 6.15. The summed E-state index contributed by atoms with van der Waals surface area (Å²) in [6, 6.07) is 6.58. The molecule has 1 heterocycles. The van der Waals surface area contributed by atoms with Gasteiger partial charge in [0.25, 0.3) is 5.91 Å². The maximum absolute atomic E-state index is 12.4. The summed E-state index contributed by atoms with van der Waals surface area (Å²) in [5.74, 6) is -0.964. The van der Waals surface area contributed by atoms with Gasteiger partial charge in [-0.05, 0) is 36.5 Å². The molecule has 0 radical (unpaired) electrons. The van der Waals surface area contributed by atoms with Crippen LogP contribution in [0.5, 0.6) is 0 Å². The minimum atomic E-state index is -4.64. The van der Waals surface area contributed by atoms with Crippen LogP contribution in [0.2, 0.25) is 0 Å². The topological polar surface area (TPSA) is 68.0 Å². The van der Waals surface area contributed by atoms with Crippen molar-refractivity contribution in [2.45, 2.75) is 25.4 Å². The van der Waals surface area contributed by atoms with Crippen molar-refractivity contribution in [3.8, 4) is 0 Å². The summed E-state index contributed by atoms with van der Waals surface area (Å²) in [6.07, 6.45) is -2.23. The molecule has 1 fully saturated rings. The summed E-state index contributed by atoms with van der Waals surface area (Å²) in [5.41, 5.74) is 1.21. The second kappa shape index (κ2) is 6.02. The van der Waals surface area contributed by atoms with Crippen LogP contribution < -0.4 is 5.32 Å². The molecule has 0 aliphatic heterocycles. The molecule has 5 nitrogen and oxygen atoms in total. The van der Waals surface area contributed by atoms with Gasteiger partial charge < -0.3 is 9.84 Å². The van der Waals surface area contributed by atoms with E-state index in [0.29, 0.717) is 23.6 Å². The van der Waals surface area contributed by atoms with E-state index in [2.05, 4.69) is 20.0 Å². The molecular formula is C15H14F3N3O2. The molecule has 1 aromatic heterocycles. The van der Waals surface area contributed by atoms with E-state index in [1.807, 2.05) is 0 Å². The lowest BCUT2D eigenvalue weighted by molar-refractivity contribution is -0.159. The molecule has 1 amide bonds. The van der Waals surface area contributed by atoms with Crippen LogP contribution >= 0.6 is 0 Å². The molecule has 0 unspecified atom stereocenters. The highest BCUT2D eigenvalue weighted by molar-refractivity contribution is 5.94. The molecule has 1 saturated carbocycles. The number of benzene rings is 1. The number of carbonyl (C=O) groups is 1. The van der Waals surface area contributed by atoms with E-state index in [-0.39, 0.29) is 18.2 Å². The SMILES string of the molecule is O=C(NCC1CC1)c1ccc(Cc2noc(C(F)(F)F)n2)cc1. The largest absolute Gasteiger partial charge is 0.471 e. The molecule has 122 valence electrons. The molecule has 2 aromatic rings. The maximum Gasteiger partial charge on any atom is 0.471 e. The van der Waals surface area contributed by atoms with Gasteiger partial charge >= 0.3 is 12.1 Å². The van der Waals surface area contributed by atoms with Crippen LogP contribution in [0.25, 0.3) is 0 Å². The van der Waals surface area contributed by atoms with Crippen LogP contribution in [0.1, 0.15) is 40.5 Å². The van der Waals surface area contributed by atoms with Crippen molar-refractivity contribution in [2.24, 2.45) is 5.92 Å². The minimum Gasteiger partial charge on any atom is -0.352 e. The summed E-state index contributed by atoms with van der Waals surface area (Å²) < 4.78 is 41.3. The number of rotatable bonds is 5. The zero-order valence-electron chi connectivity index (χ0n) is 12.1. The van der Waals surface area contributed by atoms with Gasteiger partial charge in [0.2, 0.25) is 0 Å². The molecular weight excluding hydrogens is 311 g/mol. The van der Waals surface area contributed by atoms with Gasteiger partial charge in [-0.2, -0.15) is 18.2 Å². The molecule has 1 N–H and O–H groups in total. The van der Waals surface area contributed by atoms with E-state index >= 15 is 0 Å². The average Bonchev–Trinajstić information content (AvgIpc) is 3.21. The first kappa shape index (κ1) is 15.5. The number of nitrogens with one attached hydrogen (secondary N) is 1. The van der Waals surface area contributed by atoms with E-state index in [9.17, 15) is 18.0 Å². The Bertz CT molecular complexity index is 691. The Kier molecular flexibility index (Phi) is 4.06. The van der Waals surface area contributed by atoms with Gasteiger partial charge in [0.1, 0.15) is 0 Å². The molecule has 0 spiro atoms. The highest BCUT2D eigenvalue weighted by Crippen LogP contribution is 2.28. The minimum absolute atomic E-state index is 0.0525. The summed E-state index contributed by atoms with van der Waals surface area (Å²) in [7, 11) is 0. The Labute approximate surface area is 129 Å². The van der Waals surface area contributed by atoms with Crippen molar-refractivity contribution in [3.63, 3.8) is 0 Å². The van der Waals surface area contributed by atoms with Crippen molar-refractivity contribution >= 4 is 5.91 Å². The fourth-order valence-electron chi connectivity index (χ4n) is 2.06. The number of carbonyl (C=O) groups excluding carboxylic acids is 1. The predicted octanol–water partition coefficient (Wildman–Crippen LogP) is 2.82. The molecule has 1 aromatic carbocycles. The lowest BCUT2D eigenvalue weighted by Crippen LogP contribution is -2.25. The van der Waals surface area contributed by atoms with Crippen LogP contribution in [0.15, 0.2) is 28.8 Å². The smallest absolute Gasteiger partial charge is 0.352 e. The number of hydrogen-bond acceptors (Lipinski definition) is 4. The van der Waals surface area contributed by atoms with E-state index in [0.717, 1.165) is 12.8 Å². The monoisotopic (exact) mass is 325 g/mol. The van der Waals surface area contributed by atoms with Gasteiger partial charge in [-0.3, -0.25) is 4.79 Å². The Hall–Kier alpha value is -2.38. The highest BCUT2D eigenvalue weighted by atomic mass is 19.4. The van der Waals surface area contributed by atoms with Crippen LogP contribution in [0.3, 0.4) is 0 Å². The van der Waals surface area contributed by atoms with Crippen LogP contribution in [0, 0.1) is 5.92 Å². The lowest BCUT2D eigenvalue weighted by Gasteiger charge is -2.04. The number of halogens is 3. The van der Waals surface area contributed by atoms with Crippen molar-refractivity contribution in [1.29, 1.82) is 0 Å². The Balaban J connectivity index is 1.60. The second-order valence-electron chi connectivity index (χ2n) is 5.54. The number of hydrogen-bond donors (Lipinski definition) is 1. The van der Waals surface area contributed by atoms with Crippen LogP contribution in [-0.4, -0.2) is 22.6 Å². The molecule has 0 bridgehead atoms. The van der Waals surface area contributed by atoms with Gasteiger partial charge in [0.05, 0.1) is 0 Å². The van der Waals surface area contributed by atoms with E-state index in [1.165, 1.54) is 0 Å². The second-order valence-corrected chi connectivity index (χ2v) is 5.54. The molecule has 0 atom stereocenters. The molecule has 1 aliphatic carbocycles. The highest BCUT2D eigenvalue weighted by Gasteiger charge is 2.38.